The molecule has 1 saturated heterocycles. The number of hydrogen-bond donors (Lipinski definition) is 1. The maximum atomic E-state index is 5.54. The molecule has 0 radical (unpaired) electrons. The molecular weight excluding hydrogens is 250 g/mol. The van der Waals surface area contributed by atoms with Gasteiger partial charge in [-0.3, -0.25) is 4.68 Å². The van der Waals surface area contributed by atoms with Crippen molar-refractivity contribution < 1.29 is 4.42 Å². The minimum Gasteiger partial charge on any atom is -0.464 e. The average molecular weight is 269 g/mol. The SMILES string of the molecule is CCc1nn(C[C@@H]2CCCN2)c2c1ccc1occc12. The topological polar surface area (TPSA) is 43.0 Å². The number of benzene rings is 1. The Bertz CT molecular complexity index is 750. The van der Waals surface area contributed by atoms with Gasteiger partial charge in [0, 0.05) is 16.8 Å². The summed E-state index contributed by atoms with van der Waals surface area (Å²) < 4.78 is 7.71. The first-order chi connectivity index (χ1) is 9.86. The van der Waals surface area contributed by atoms with Crippen LogP contribution in [-0.2, 0) is 13.0 Å². The van der Waals surface area contributed by atoms with E-state index in [4.69, 9.17) is 9.52 Å². The van der Waals surface area contributed by atoms with Crippen molar-refractivity contribution in [3.63, 3.8) is 0 Å². The third-order valence-corrected chi connectivity index (χ3v) is 4.31. The van der Waals surface area contributed by atoms with E-state index in [1.54, 1.807) is 6.26 Å². The van der Waals surface area contributed by atoms with Crippen molar-refractivity contribution in [2.24, 2.45) is 0 Å². The number of rotatable bonds is 3. The number of aryl methyl sites for hydroxylation is 1. The van der Waals surface area contributed by atoms with Gasteiger partial charge in [-0.05, 0) is 44.0 Å². The average Bonchev–Trinajstić information content (AvgIpc) is 3.17. The number of aromatic nitrogens is 2. The highest BCUT2D eigenvalue weighted by molar-refractivity contribution is 6.04. The van der Waals surface area contributed by atoms with Gasteiger partial charge in [-0.1, -0.05) is 6.92 Å². The monoisotopic (exact) mass is 269 g/mol. The molecule has 2 aromatic heterocycles. The first-order valence-corrected chi connectivity index (χ1v) is 7.46. The second-order valence-corrected chi connectivity index (χ2v) is 5.57. The lowest BCUT2D eigenvalue weighted by Gasteiger charge is -2.11. The van der Waals surface area contributed by atoms with Crippen molar-refractivity contribution in [2.75, 3.05) is 6.54 Å². The summed E-state index contributed by atoms with van der Waals surface area (Å²) >= 11 is 0. The summed E-state index contributed by atoms with van der Waals surface area (Å²) in [5, 5.41) is 10.8. The number of furan rings is 1. The fraction of sp³-hybridized carbons (Fsp3) is 0.438. The van der Waals surface area contributed by atoms with Crippen LogP contribution in [0.5, 0.6) is 0 Å². The van der Waals surface area contributed by atoms with Crippen LogP contribution in [0.3, 0.4) is 0 Å². The van der Waals surface area contributed by atoms with E-state index >= 15 is 0 Å². The van der Waals surface area contributed by atoms with Gasteiger partial charge < -0.3 is 9.73 Å². The first-order valence-electron chi connectivity index (χ1n) is 7.46. The summed E-state index contributed by atoms with van der Waals surface area (Å²) in [7, 11) is 0. The van der Waals surface area contributed by atoms with E-state index < -0.39 is 0 Å². The van der Waals surface area contributed by atoms with Crippen LogP contribution >= 0.6 is 0 Å². The molecule has 0 unspecified atom stereocenters. The molecule has 0 aliphatic carbocycles. The Kier molecular flexibility index (Phi) is 2.77. The maximum Gasteiger partial charge on any atom is 0.136 e. The van der Waals surface area contributed by atoms with Crippen LogP contribution in [0.15, 0.2) is 28.9 Å². The second kappa shape index (κ2) is 4.63. The maximum absolute atomic E-state index is 5.54. The molecule has 0 bridgehead atoms. The summed E-state index contributed by atoms with van der Waals surface area (Å²) in [6, 6.07) is 6.80. The summed E-state index contributed by atoms with van der Waals surface area (Å²) in [6.07, 6.45) is 5.24. The van der Waals surface area contributed by atoms with E-state index in [-0.39, 0.29) is 0 Å². The van der Waals surface area contributed by atoms with Gasteiger partial charge >= 0.3 is 0 Å². The van der Waals surface area contributed by atoms with Gasteiger partial charge in [0.2, 0.25) is 0 Å². The molecule has 1 aliphatic heterocycles. The van der Waals surface area contributed by atoms with Gasteiger partial charge in [0.1, 0.15) is 5.58 Å². The number of nitrogens with zero attached hydrogens (tertiary/aromatic N) is 2. The van der Waals surface area contributed by atoms with E-state index in [1.165, 1.54) is 34.8 Å². The van der Waals surface area contributed by atoms with Gasteiger partial charge in [-0.15, -0.1) is 0 Å². The minimum absolute atomic E-state index is 0.546. The molecule has 1 aromatic carbocycles. The van der Waals surface area contributed by atoms with Gasteiger partial charge in [0.25, 0.3) is 0 Å². The Labute approximate surface area is 117 Å². The molecule has 0 saturated carbocycles. The van der Waals surface area contributed by atoms with E-state index in [0.29, 0.717) is 6.04 Å². The highest BCUT2D eigenvalue weighted by atomic mass is 16.3. The van der Waals surface area contributed by atoms with Crippen molar-refractivity contribution >= 4 is 21.9 Å². The fourth-order valence-corrected chi connectivity index (χ4v) is 3.30. The molecule has 1 aliphatic rings. The molecule has 3 aromatic rings. The van der Waals surface area contributed by atoms with Gasteiger partial charge in [-0.25, -0.2) is 0 Å². The van der Waals surface area contributed by atoms with Crippen molar-refractivity contribution in [1.29, 1.82) is 0 Å². The second-order valence-electron chi connectivity index (χ2n) is 5.57. The summed E-state index contributed by atoms with van der Waals surface area (Å²) in [5.74, 6) is 0. The zero-order valence-electron chi connectivity index (χ0n) is 11.7. The summed E-state index contributed by atoms with van der Waals surface area (Å²) in [6.45, 7) is 4.24. The molecule has 1 fully saturated rings. The lowest BCUT2D eigenvalue weighted by molar-refractivity contribution is 0.484. The normalized spacial score (nSPS) is 19.4. The first kappa shape index (κ1) is 12.0. The Morgan fingerprint density at radius 2 is 2.30 bits per heavy atom. The molecule has 4 rings (SSSR count). The molecule has 1 atom stereocenters. The Balaban J connectivity index is 1.91. The molecule has 0 amide bonds. The van der Waals surface area contributed by atoms with Crippen molar-refractivity contribution in [1.82, 2.24) is 15.1 Å². The Morgan fingerprint density at radius 1 is 1.35 bits per heavy atom. The standard InChI is InChI=1S/C16H19N3O/c1-2-14-12-5-6-15-13(7-9-20-15)16(12)19(18-14)10-11-4-3-8-17-11/h5-7,9,11,17H,2-4,8,10H2,1H3/t11-/m0/s1. The summed E-state index contributed by atoms with van der Waals surface area (Å²) in [5.41, 5.74) is 3.35. The van der Waals surface area contributed by atoms with Crippen molar-refractivity contribution in [3.8, 4) is 0 Å². The Hall–Kier alpha value is -1.81. The zero-order chi connectivity index (χ0) is 13.5. The lowest BCUT2D eigenvalue weighted by Crippen LogP contribution is -2.27. The van der Waals surface area contributed by atoms with E-state index in [0.717, 1.165) is 25.1 Å². The van der Waals surface area contributed by atoms with Crippen molar-refractivity contribution in [3.05, 3.63) is 30.2 Å². The number of nitrogens with one attached hydrogen (secondary N) is 1. The quantitative estimate of drug-likeness (QED) is 0.794. The predicted octanol–water partition coefficient (Wildman–Crippen LogP) is 3.10. The zero-order valence-corrected chi connectivity index (χ0v) is 11.7. The van der Waals surface area contributed by atoms with Crippen LogP contribution in [0.2, 0.25) is 0 Å². The molecule has 1 N–H and O–H groups in total. The molecule has 104 valence electrons. The van der Waals surface area contributed by atoms with Crippen LogP contribution < -0.4 is 5.32 Å². The third-order valence-electron chi connectivity index (χ3n) is 4.31. The Morgan fingerprint density at radius 3 is 3.10 bits per heavy atom. The minimum atomic E-state index is 0.546. The van der Waals surface area contributed by atoms with Crippen LogP contribution in [-0.4, -0.2) is 22.4 Å². The van der Waals surface area contributed by atoms with Crippen LogP contribution in [0.4, 0.5) is 0 Å². The smallest absolute Gasteiger partial charge is 0.136 e. The van der Waals surface area contributed by atoms with E-state index in [1.807, 2.05) is 0 Å². The number of fused-ring (bicyclic) bond motifs is 3. The lowest BCUT2D eigenvalue weighted by atomic mass is 10.1. The highest BCUT2D eigenvalue weighted by Gasteiger charge is 2.19. The van der Waals surface area contributed by atoms with E-state index in [9.17, 15) is 0 Å². The summed E-state index contributed by atoms with van der Waals surface area (Å²) in [4.78, 5) is 0. The van der Waals surface area contributed by atoms with E-state index in [2.05, 4.69) is 35.1 Å². The van der Waals surface area contributed by atoms with Crippen LogP contribution in [0.25, 0.3) is 21.9 Å². The number of hydrogen-bond acceptors (Lipinski definition) is 3. The third kappa shape index (κ3) is 1.75. The molecule has 3 heterocycles. The molecule has 4 heteroatoms. The molecule has 20 heavy (non-hydrogen) atoms. The van der Waals surface area contributed by atoms with Crippen LogP contribution in [0, 0.1) is 0 Å². The van der Waals surface area contributed by atoms with Crippen molar-refractivity contribution in [2.45, 2.75) is 38.8 Å². The molecular formula is C16H19N3O. The predicted molar refractivity (Wildman–Crippen MR) is 79.9 cm³/mol. The highest BCUT2D eigenvalue weighted by Crippen LogP contribution is 2.29. The fourth-order valence-electron chi connectivity index (χ4n) is 3.30. The largest absolute Gasteiger partial charge is 0.464 e. The molecule has 0 spiro atoms. The van der Waals surface area contributed by atoms with Gasteiger partial charge in [0.15, 0.2) is 0 Å². The van der Waals surface area contributed by atoms with Gasteiger partial charge in [-0.2, -0.15) is 5.10 Å². The molecule has 4 nitrogen and oxygen atoms in total. The van der Waals surface area contributed by atoms with Crippen LogP contribution in [0.1, 0.15) is 25.5 Å². The van der Waals surface area contributed by atoms with Gasteiger partial charge in [0.05, 0.1) is 24.0 Å².